The molecule has 0 aromatic carbocycles. The Hall–Kier alpha value is 0.580. The second-order valence-corrected chi connectivity index (χ2v) is 4.92. The van der Waals surface area contributed by atoms with E-state index in [0.29, 0.717) is 11.5 Å². The van der Waals surface area contributed by atoms with Crippen LogP contribution in [-0.2, 0) is 22.7 Å². The van der Waals surface area contributed by atoms with Gasteiger partial charge in [-0.3, -0.25) is 0 Å². The highest BCUT2D eigenvalue weighted by molar-refractivity contribution is 8.07. The lowest BCUT2D eigenvalue weighted by atomic mass is 11.0. The summed E-state index contributed by atoms with van der Waals surface area (Å²) in [5.41, 5.74) is 0. The van der Waals surface area contributed by atoms with E-state index < -0.39 is 22.7 Å². The molecule has 0 aromatic heterocycles. The van der Waals surface area contributed by atoms with Gasteiger partial charge in [0.05, 0.1) is 29.8 Å². The lowest BCUT2D eigenvalue weighted by Crippen LogP contribution is -2.24. The van der Waals surface area contributed by atoms with Crippen molar-refractivity contribution >= 4 is 22.7 Å². The zero-order valence-electron chi connectivity index (χ0n) is 4.49. The summed E-state index contributed by atoms with van der Waals surface area (Å²) in [5.74, 6) is 1.12. The van der Waals surface area contributed by atoms with Crippen molar-refractivity contribution in [1.82, 2.24) is 3.71 Å². The van der Waals surface area contributed by atoms with Crippen LogP contribution in [0.25, 0.3) is 0 Å². The van der Waals surface area contributed by atoms with Gasteiger partial charge in [0.15, 0.2) is 11.5 Å². The first-order valence-corrected chi connectivity index (χ1v) is 4.77. The highest BCUT2D eigenvalue weighted by Gasteiger charge is 2.36. The maximum Gasteiger partial charge on any atom is 0.176 e. The maximum atomic E-state index is 10.6. The molecule has 1 fully saturated rings. The average Bonchev–Trinajstić information content (AvgIpc) is 1.98. The number of hydrogen-bond donors (Lipinski definition) is 0. The van der Waals surface area contributed by atoms with Crippen LogP contribution in [0.4, 0.5) is 0 Å². The molecular formula is C3H7NO2S2. The summed E-state index contributed by atoms with van der Waals surface area (Å²) in [5, 5.41) is 0. The van der Waals surface area contributed by atoms with Gasteiger partial charge < -0.3 is 9.11 Å². The molecule has 0 bridgehead atoms. The summed E-state index contributed by atoms with van der Waals surface area (Å²) in [6.45, 7) is 0. The highest BCUT2D eigenvalue weighted by Crippen LogP contribution is 2.14. The first-order valence-electron chi connectivity index (χ1n) is 2.22. The lowest BCUT2D eigenvalue weighted by molar-refractivity contribution is 0.539. The van der Waals surface area contributed by atoms with Crippen molar-refractivity contribution in [2.24, 2.45) is 0 Å². The van der Waals surface area contributed by atoms with E-state index in [2.05, 4.69) is 0 Å². The van der Waals surface area contributed by atoms with E-state index in [-0.39, 0.29) is 0 Å². The lowest BCUT2D eigenvalue weighted by Gasteiger charge is -2.08. The highest BCUT2D eigenvalue weighted by atomic mass is 32.3. The van der Waals surface area contributed by atoms with Gasteiger partial charge in [-0.1, -0.05) is 0 Å². The monoisotopic (exact) mass is 153 g/mol. The fourth-order valence-corrected chi connectivity index (χ4v) is 3.34. The zero-order valence-corrected chi connectivity index (χ0v) is 6.13. The quantitative estimate of drug-likeness (QED) is 0.431. The molecule has 0 radical (unpaired) electrons. The van der Waals surface area contributed by atoms with E-state index in [4.69, 9.17) is 0 Å². The first-order chi connectivity index (χ1) is 3.72. The zero-order chi connectivity index (χ0) is 6.15. The van der Waals surface area contributed by atoms with Crippen LogP contribution in [0, 0.1) is 0 Å². The summed E-state index contributed by atoms with van der Waals surface area (Å²) in [6, 6.07) is 0. The van der Waals surface area contributed by atoms with Gasteiger partial charge in [-0.25, -0.2) is 0 Å². The molecule has 1 heterocycles. The molecule has 48 valence electrons. The molecule has 0 aromatic rings. The van der Waals surface area contributed by atoms with Crippen LogP contribution in [-0.4, -0.2) is 31.4 Å². The maximum absolute atomic E-state index is 10.6. The van der Waals surface area contributed by atoms with E-state index in [1.807, 2.05) is 0 Å². The Morgan fingerprint density at radius 1 is 1.25 bits per heavy atom. The smallest absolute Gasteiger partial charge is 0.176 e. The molecule has 5 heteroatoms. The Labute approximate surface area is 54.7 Å². The predicted molar refractivity (Wildman–Crippen MR) is 33.8 cm³/mol. The van der Waals surface area contributed by atoms with Gasteiger partial charge >= 0.3 is 0 Å². The van der Waals surface area contributed by atoms with Crippen LogP contribution in [0.3, 0.4) is 0 Å². The minimum atomic E-state index is -0.965. The Balaban J connectivity index is 2.44. The molecule has 1 aliphatic rings. The number of hydrogen-bond acceptors (Lipinski definition) is 3. The minimum absolute atomic E-state index is 0.559. The molecule has 3 nitrogen and oxygen atoms in total. The molecule has 1 saturated heterocycles. The number of nitrogens with zero attached hydrogens (tertiary/aromatic N) is 1. The van der Waals surface area contributed by atoms with E-state index >= 15 is 0 Å². The molecule has 0 N–H and O–H groups in total. The van der Waals surface area contributed by atoms with Crippen molar-refractivity contribution in [3.05, 3.63) is 0 Å². The molecule has 1 aliphatic heterocycles. The third-order valence-corrected chi connectivity index (χ3v) is 4.52. The predicted octanol–water partition coefficient (Wildman–Crippen LogP) is -0.741. The Morgan fingerprint density at radius 3 is 1.75 bits per heavy atom. The summed E-state index contributed by atoms with van der Waals surface area (Å²) >= 11 is -1.93. The van der Waals surface area contributed by atoms with Gasteiger partial charge in [-0.15, -0.1) is 0 Å². The third kappa shape index (κ3) is 1.11. The van der Waals surface area contributed by atoms with Gasteiger partial charge in [-0.2, -0.15) is 0 Å². The molecule has 1 rings (SSSR count). The van der Waals surface area contributed by atoms with Crippen molar-refractivity contribution in [3.63, 3.8) is 0 Å². The standard InChI is InChI=1S/C3H7NO2S2/c1-4-7(5)2-3-8(4)6/h2-3H2,1H3. The van der Waals surface area contributed by atoms with Gasteiger partial charge in [0.1, 0.15) is 0 Å². The summed E-state index contributed by atoms with van der Waals surface area (Å²) in [7, 11) is 1.61. The van der Waals surface area contributed by atoms with Crippen molar-refractivity contribution < 1.29 is 9.11 Å². The van der Waals surface area contributed by atoms with Crippen molar-refractivity contribution in [2.75, 3.05) is 18.6 Å². The SMILES string of the molecule is CN1[S+]([O-])CC[S+]1[O-]. The van der Waals surface area contributed by atoms with Crippen LogP contribution < -0.4 is 0 Å². The fourth-order valence-electron chi connectivity index (χ4n) is 0.492. The molecule has 0 amide bonds. The topological polar surface area (TPSA) is 49.4 Å². The second kappa shape index (κ2) is 2.45. The van der Waals surface area contributed by atoms with Gasteiger partial charge in [0.2, 0.25) is 0 Å². The fraction of sp³-hybridized carbons (Fsp3) is 1.00. The Bertz CT molecular complexity index is 81.4. The van der Waals surface area contributed by atoms with Crippen LogP contribution >= 0.6 is 0 Å². The molecule has 0 saturated carbocycles. The van der Waals surface area contributed by atoms with Gasteiger partial charge in [0.25, 0.3) is 0 Å². The summed E-state index contributed by atoms with van der Waals surface area (Å²) in [4.78, 5) is 0. The first kappa shape index (κ1) is 6.70. The normalized spacial score (nSPS) is 40.9. The third-order valence-electron chi connectivity index (χ3n) is 1.01. The van der Waals surface area contributed by atoms with Crippen molar-refractivity contribution in [1.29, 1.82) is 0 Å². The molecule has 8 heavy (non-hydrogen) atoms. The van der Waals surface area contributed by atoms with E-state index in [1.54, 1.807) is 7.05 Å². The Kier molecular flexibility index (Phi) is 2.05. The van der Waals surface area contributed by atoms with Crippen molar-refractivity contribution in [3.8, 4) is 0 Å². The minimum Gasteiger partial charge on any atom is -0.594 e. The average molecular weight is 153 g/mol. The number of rotatable bonds is 0. The molecule has 0 spiro atoms. The Morgan fingerprint density at radius 2 is 1.62 bits per heavy atom. The molecule has 2 atom stereocenters. The van der Waals surface area contributed by atoms with Gasteiger partial charge in [-0.05, 0) is 0 Å². The van der Waals surface area contributed by atoms with Crippen LogP contribution in [0.15, 0.2) is 0 Å². The van der Waals surface area contributed by atoms with Crippen LogP contribution in [0.1, 0.15) is 0 Å². The molecule has 0 aliphatic carbocycles. The second-order valence-electron chi connectivity index (χ2n) is 1.49. The molecular weight excluding hydrogens is 146 g/mol. The van der Waals surface area contributed by atoms with Crippen LogP contribution in [0.2, 0.25) is 0 Å². The summed E-state index contributed by atoms with van der Waals surface area (Å²) in [6.07, 6.45) is 0. The molecule has 2 unspecified atom stereocenters. The van der Waals surface area contributed by atoms with E-state index in [0.717, 1.165) is 0 Å². The largest absolute Gasteiger partial charge is 0.594 e. The van der Waals surface area contributed by atoms with E-state index in [1.165, 1.54) is 3.71 Å². The summed E-state index contributed by atoms with van der Waals surface area (Å²) < 4.78 is 22.6. The van der Waals surface area contributed by atoms with Gasteiger partial charge in [0, 0.05) is 3.71 Å². The van der Waals surface area contributed by atoms with Crippen LogP contribution in [0.5, 0.6) is 0 Å². The van der Waals surface area contributed by atoms with Crippen molar-refractivity contribution in [2.45, 2.75) is 0 Å². The van der Waals surface area contributed by atoms with E-state index in [9.17, 15) is 9.11 Å².